The molecule has 1 aromatic rings. The molecule has 52 valence electrons. The Morgan fingerprint density at radius 2 is 1.90 bits per heavy atom. The average molecular weight is 191 g/mol. The summed E-state index contributed by atoms with van der Waals surface area (Å²) >= 11 is 0. The van der Waals surface area contributed by atoms with Gasteiger partial charge >= 0.3 is 23.1 Å². The van der Waals surface area contributed by atoms with Crippen LogP contribution < -0.4 is 12.4 Å². The number of hydrogen-bond acceptors (Lipinski definition) is 0. The van der Waals surface area contributed by atoms with E-state index in [1.54, 1.807) is 12.1 Å². The summed E-state index contributed by atoms with van der Waals surface area (Å²) in [4.78, 5) is 0. The maximum atomic E-state index is 11.9. The van der Waals surface area contributed by atoms with Crippen LogP contribution in [0.4, 0.5) is 4.39 Å². The van der Waals surface area contributed by atoms with Crippen molar-refractivity contribution in [3.05, 3.63) is 36.1 Å². The molecule has 0 N–H and O–H groups in total. The van der Waals surface area contributed by atoms with Crippen LogP contribution in [0, 0.1) is 11.9 Å². The molecule has 0 fully saturated rings. The Hall–Kier alpha value is 0.496. The molecule has 0 nitrogen and oxygen atoms in total. The van der Waals surface area contributed by atoms with Crippen molar-refractivity contribution in [2.45, 2.75) is 0 Å². The molecule has 0 aliphatic carbocycles. The number of hydrogen-bond donors (Lipinski definition) is 0. The topological polar surface area (TPSA) is 0 Å². The molecule has 0 radical (unpaired) electrons. The molecular weight excluding hydrogens is 186 g/mol. The van der Waals surface area contributed by atoms with E-state index in [9.17, 15) is 4.39 Å². The molecule has 0 spiro atoms. The summed E-state index contributed by atoms with van der Waals surface area (Å²) < 4.78 is 11.9. The van der Waals surface area contributed by atoms with E-state index in [2.05, 4.69) is 6.07 Å². The van der Waals surface area contributed by atoms with Crippen LogP contribution in [0.15, 0.2) is 24.3 Å². The fourth-order valence-electron chi connectivity index (χ4n) is 0.371. The molecule has 0 atom stereocenters. The quantitative estimate of drug-likeness (QED) is 0.352. The van der Waals surface area contributed by atoms with Crippen LogP contribution in [0.25, 0.3) is 0 Å². The Morgan fingerprint density at radius 1 is 1.30 bits per heavy atom. The molecule has 1 rings (SSSR count). The molecule has 0 unspecified atom stereocenters. The molecule has 0 amide bonds. The summed E-state index contributed by atoms with van der Waals surface area (Å²) in [7, 11) is 0. The number of benzene rings is 1. The van der Waals surface area contributed by atoms with Crippen molar-refractivity contribution in [3.63, 3.8) is 0 Å². The summed E-state index contributed by atoms with van der Waals surface area (Å²) in [6.07, 6.45) is 0. The molecule has 0 saturated carbocycles. The zero-order chi connectivity index (χ0) is 5.11. The SMILES string of the molecule is Cl.Fc1[c-]cccc1.[Cl-].[Mg+2]. The Morgan fingerprint density at radius 3 is 2.10 bits per heavy atom. The van der Waals surface area contributed by atoms with Gasteiger partial charge in [0.15, 0.2) is 0 Å². The van der Waals surface area contributed by atoms with E-state index in [1.165, 1.54) is 12.1 Å². The Bertz CT molecular complexity index is 146. The molecule has 1 aromatic carbocycles. The van der Waals surface area contributed by atoms with Crippen LogP contribution in [0.5, 0.6) is 0 Å². The zero-order valence-electron chi connectivity index (χ0n) is 5.18. The summed E-state index contributed by atoms with van der Waals surface area (Å²) in [5, 5.41) is 0. The van der Waals surface area contributed by atoms with Gasteiger partial charge in [-0.25, -0.2) is 4.39 Å². The number of rotatable bonds is 0. The minimum Gasteiger partial charge on any atom is -1.00 e. The maximum absolute atomic E-state index is 11.9. The summed E-state index contributed by atoms with van der Waals surface area (Å²) in [6, 6.07) is 8.62. The molecule has 0 heterocycles. The minimum atomic E-state index is -0.303. The second kappa shape index (κ2) is 9.50. The van der Waals surface area contributed by atoms with Crippen molar-refractivity contribution in [2.75, 3.05) is 0 Å². The van der Waals surface area contributed by atoms with Crippen LogP contribution in [-0.4, -0.2) is 23.1 Å². The van der Waals surface area contributed by atoms with Gasteiger partial charge in [0.25, 0.3) is 0 Å². The van der Waals surface area contributed by atoms with Crippen molar-refractivity contribution in [3.8, 4) is 0 Å². The zero-order valence-corrected chi connectivity index (χ0v) is 8.17. The van der Waals surface area contributed by atoms with E-state index in [4.69, 9.17) is 0 Å². The first-order chi connectivity index (χ1) is 3.39. The summed E-state index contributed by atoms with van der Waals surface area (Å²) in [5.74, 6) is -0.303. The predicted molar refractivity (Wildman–Crippen MR) is 38.2 cm³/mol. The molecule has 0 aliphatic rings. The van der Waals surface area contributed by atoms with E-state index in [0.717, 1.165) is 0 Å². The minimum absolute atomic E-state index is 0. The molecule has 4 heteroatoms. The Kier molecular flexibility index (Phi) is 16.0. The van der Waals surface area contributed by atoms with Gasteiger partial charge in [-0.2, -0.15) is 18.2 Å². The molecular formula is C6H5Cl2FMg. The van der Waals surface area contributed by atoms with Gasteiger partial charge in [0.1, 0.15) is 0 Å². The van der Waals surface area contributed by atoms with Gasteiger partial charge in [-0.1, -0.05) is 0 Å². The molecule has 0 aliphatic heterocycles. The van der Waals surface area contributed by atoms with Crippen LogP contribution in [0.1, 0.15) is 0 Å². The van der Waals surface area contributed by atoms with Crippen LogP contribution in [0.3, 0.4) is 0 Å². The van der Waals surface area contributed by atoms with E-state index in [0.29, 0.717) is 0 Å². The first-order valence-electron chi connectivity index (χ1n) is 2.02. The summed E-state index contributed by atoms with van der Waals surface area (Å²) in [6.45, 7) is 0. The molecule has 0 bridgehead atoms. The third-order valence-electron chi connectivity index (χ3n) is 0.671. The second-order valence-electron chi connectivity index (χ2n) is 1.21. The predicted octanol–water partition coefficient (Wildman–Crippen LogP) is -1.33. The largest absolute Gasteiger partial charge is 2.00 e. The van der Waals surface area contributed by atoms with Crippen molar-refractivity contribution >= 4 is 35.5 Å². The normalized spacial score (nSPS) is 6.10. The third-order valence-corrected chi connectivity index (χ3v) is 0.671. The van der Waals surface area contributed by atoms with Gasteiger partial charge in [-0.3, -0.25) is 0 Å². The van der Waals surface area contributed by atoms with Gasteiger partial charge in [0.2, 0.25) is 0 Å². The van der Waals surface area contributed by atoms with Crippen LogP contribution >= 0.6 is 12.4 Å². The van der Waals surface area contributed by atoms with Gasteiger partial charge < -0.3 is 12.4 Å². The Balaban J connectivity index is -0.000000163. The van der Waals surface area contributed by atoms with Gasteiger partial charge in [0, 0.05) is 5.82 Å². The smallest absolute Gasteiger partial charge is 1.00 e. The third kappa shape index (κ3) is 6.61. The van der Waals surface area contributed by atoms with Crippen molar-refractivity contribution < 1.29 is 16.8 Å². The van der Waals surface area contributed by atoms with Crippen molar-refractivity contribution in [2.24, 2.45) is 0 Å². The maximum Gasteiger partial charge on any atom is 2.00 e. The van der Waals surface area contributed by atoms with E-state index < -0.39 is 0 Å². The number of halogens is 3. The first kappa shape index (κ1) is 16.8. The average Bonchev–Trinajstić information content (AvgIpc) is 1.69. The second-order valence-corrected chi connectivity index (χ2v) is 1.21. The fourth-order valence-corrected chi connectivity index (χ4v) is 0.371. The van der Waals surface area contributed by atoms with Gasteiger partial charge in [-0.05, 0) is 0 Å². The van der Waals surface area contributed by atoms with Crippen molar-refractivity contribution in [1.82, 2.24) is 0 Å². The first-order valence-corrected chi connectivity index (χ1v) is 2.02. The van der Waals surface area contributed by atoms with Crippen LogP contribution in [0.2, 0.25) is 0 Å². The van der Waals surface area contributed by atoms with Gasteiger partial charge in [0.05, 0.1) is 0 Å². The standard InChI is InChI=1S/C6H4F.2ClH.Mg/c7-6-4-2-1-3-5-6;;;/h1-4H;2*1H;/q-1;;;+2/p-1. The van der Waals surface area contributed by atoms with E-state index in [-0.39, 0.29) is 53.7 Å². The fraction of sp³-hybridized carbons (Fsp3) is 0. The van der Waals surface area contributed by atoms with Crippen molar-refractivity contribution in [1.29, 1.82) is 0 Å². The van der Waals surface area contributed by atoms with E-state index >= 15 is 0 Å². The summed E-state index contributed by atoms with van der Waals surface area (Å²) in [5.41, 5.74) is 0. The van der Waals surface area contributed by atoms with E-state index in [1.807, 2.05) is 0 Å². The molecule has 10 heavy (non-hydrogen) atoms. The van der Waals surface area contributed by atoms with Crippen LogP contribution in [-0.2, 0) is 0 Å². The Labute approximate surface area is 88.2 Å². The molecule has 0 saturated heterocycles. The monoisotopic (exact) mass is 190 g/mol. The molecule has 0 aromatic heterocycles. The van der Waals surface area contributed by atoms with Gasteiger partial charge in [-0.15, -0.1) is 24.5 Å².